The predicted molar refractivity (Wildman–Crippen MR) is 55.8 cm³/mol. The highest BCUT2D eigenvalue weighted by molar-refractivity contribution is 4.73. The Labute approximate surface area is 81.5 Å². The van der Waals surface area contributed by atoms with Crippen LogP contribution in [0.5, 0.6) is 0 Å². The molecule has 0 unspecified atom stereocenters. The summed E-state index contributed by atoms with van der Waals surface area (Å²) in [5.41, 5.74) is 0.264. The topological polar surface area (TPSA) is 15.3 Å². The molecule has 80 valence electrons. The first-order chi connectivity index (χ1) is 5.98. The normalized spacial score (nSPS) is 12.5. The molecular weight excluding hydrogens is 167 g/mol. The number of hydrogen-bond acceptors (Lipinski definition) is 2. The average molecular weight is 190 g/mol. The molecule has 0 spiro atoms. The number of halogens is 1. The number of nitrogens with one attached hydrogen (secondary N) is 1. The second-order valence-electron chi connectivity index (χ2n) is 4.62. The van der Waals surface area contributed by atoms with Gasteiger partial charge in [-0.1, -0.05) is 13.8 Å². The molecule has 0 aromatic heterocycles. The van der Waals surface area contributed by atoms with Crippen LogP contribution in [0.4, 0.5) is 4.39 Å². The van der Waals surface area contributed by atoms with Crippen LogP contribution in [-0.4, -0.2) is 45.3 Å². The van der Waals surface area contributed by atoms with Gasteiger partial charge < -0.3 is 10.2 Å². The fourth-order valence-electron chi connectivity index (χ4n) is 1.53. The lowest BCUT2D eigenvalue weighted by molar-refractivity contribution is 0.232. The maximum absolute atomic E-state index is 11.8. The molecule has 0 aromatic rings. The van der Waals surface area contributed by atoms with Gasteiger partial charge >= 0.3 is 0 Å². The molecule has 0 aromatic carbocycles. The first kappa shape index (κ1) is 12.8. The molecule has 0 bridgehead atoms. The lowest BCUT2D eigenvalue weighted by atomic mass is 9.93. The van der Waals surface area contributed by atoms with Gasteiger partial charge in [0.05, 0.1) is 6.67 Å². The molecule has 0 saturated carbocycles. The van der Waals surface area contributed by atoms with Crippen LogP contribution >= 0.6 is 0 Å². The van der Waals surface area contributed by atoms with Crippen LogP contribution < -0.4 is 5.32 Å². The second kappa shape index (κ2) is 6.33. The van der Waals surface area contributed by atoms with E-state index in [0.717, 1.165) is 19.6 Å². The zero-order chi connectivity index (χ0) is 10.3. The van der Waals surface area contributed by atoms with Crippen LogP contribution in [0.2, 0.25) is 0 Å². The molecule has 0 aliphatic heterocycles. The lowest BCUT2D eigenvalue weighted by Gasteiger charge is -2.28. The van der Waals surface area contributed by atoms with Crippen molar-refractivity contribution in [3.63, 3.8) is 0 Å². The van der Waals surface area contributed by atoms with Crippen molar-refractivity contribution in [2.45, 2.75) is 20.3 Å². The Kier molecular flexibility index (Phi) is 6.25. The maximum Gasteiger partial charge on any atom is 0.0906 e. The smallest absolute Gasteiger partial charge is 0.0906 e. The summed E-state index contributed by atoms with van der Waals surface area (Å²) in [6, 6.07) is 0. The van der Waals surface area contributed by atoms with Gasteiger partial charge in [-0.2, -0.15) is 0 Å². The van der Waals surface area contributed by atoms with Crippen LogP contribution in [0, 0.1) is 5.41 Å². The molecule has 0 atom stereocenters. The molecule has 0 aliphatic carbocycles. The van der Waals surface area contributed by atoms with Crippen LogP contribution in [-0.2, 0) is 0 Å². The molecular formula is C10H23FN2. The van der Waals surface area contributed by atoms with Gasteiger partial charge in [0.1, 0.15) is 0 Å². The zero-order valence-electron chi connectivity index (χ0n) is 9.36. The van der Waals surface area contributed by atoms with Gasteiger partial charge in [-0.25, -0.2) is 0 Å². The van der Waals surface area contributed by atoms with Crippen LogP contribution in [0.1, 0.15) is 20.3 Å². The van der Waals surface area contributed by atoms with Crippen LogP contribution in [0.25, 0.3) is 0 Å². The fraction of sp³-hybridized carbons (Fsp3) is 1.00. The van der Waals surface area contributed by atoms with Crippen molar-refractivity contribution in [2.24, 2.45) is 5.41 Å². The molecule has 0 fully saturated rings. The van der Waals surface area contributed by atoms with Gasteiger partial charge in [-0.3, -0.25) is 4.39 Å². The maximum atomic E-state index is 11.8. The number of alkyl halides is 1. The van der Waals surface area contributed by atoms with Gasteiger partial charge in [0.15, 0.2) is 0 Å². The minimum absolute atomic E-state index is 0.221. The van der Waals surface area contributed by atoms with Crippen molar-refractivity contribution in [2.75, 3.05) is 40.4 Å². The number of rotatable bonds is 7. The highest BCUT2D eigenvalue weighted by atomic mass is 19.1. The van der Waals surface area contributed by atoms with Crippen molar-refractivity contribution < 1.29 is 4.39 Å². The van der Waals surface area contributed by atoms with Crippen LogP contribution in [0.15, 0.2) is 0 Å². The number of hydrogen-bond donors (Lipinski definition) is 1. The summed E-state index contributed by atoms with van der Waals surface area (Å²) < 4.78 is 11.8. The Hall–Kier alpha value is -0.150. The van der Waals surface area contributed by atoms with Crippen molar-refractivity contribution >= 4 is 0 Å². The van der Waals surface area contributed by atoms with Crippen molar-refractivity contribution in [1.29, 1.82) is 0 Å². The number of nitrogens with zero attached hydrogens (tertiary/aromatic N) is 1. The highest BCUT2D eigenvalue weighted by Gasteiger charge is 2.17. The third-order valence-corrected chi connectivity index (χ3v) is 1.83. The minimum Gasteiger partial charge on any atom is -0.316 e. The molecule has 0 aliphatic rings. The first-order valence-corrected chi connectivity index (χ1v) is 4.89. The molecule has 13 heavy (non-hydrogen) atoms. The van der Waals surface area contributed by atoms with Gasteiger partial charge in [0.25, 0.3) is 0 Å². The summed E-state index contributed by atoms with van der Waals surface area (Å²) in [5.74, 6) is 0. The Morgan fingerprint density at radius 3 is 2.38 bits per heavy atom. The van der Waals surface area contributed by atoms with E-state index in [-0.39, 0.29) is 12.1 Å². The third kappa shape index (κ3) is 8.19. The van der Waals surface area contributed by atoms with Gasteiger partial charge in [-0.05, 0) is 32.5 Å². The fourth-order valence-corrected chi connectivity index (χ4v) is 1.53. The van der Waals surface area contributed by atoms with E-state index in [9.17, 15) is 4.39 Å². The first-order valence-electron chi connectivity index (χ1n) is 4.89. The molecule has 0 rings (SSSR count). The van der Waals surface area contributed by atoms with E-state index in [2.05, 4.69) is 38.2 Å². The summed E-state index contributed by atoms with van der Waals surface area (Å²) in [5, 5.41) is 3.27. The van der Waals surface area contributed by atoms with Crippen molar-refractivity contribution in [1.82, 2.24) is 10.2 Å². The summed E-state index contributed by atoms with van der Waals surface area (Å²) >= 11 is 0. The zero-order valence-corrected chi connectivity index (χ0v) is 9.36. The van der Waals surface area contributed by atoms with E-state index in [0.29, 0.717) is 6.42 Å². The standard InChI is InChI=1S/C10H23FN2/c1-10(2,9-13(3)4)8-12-7-5-6-11/h12H,5-9H2,1-4H3. The summed E-state index contributed by atoms with van der Waals surface area (Å²) in [7, 11) is 4.15. The van der Waals surface area contributed by atoms with E-state index < -0.39 is 0 Å². The second-order valence-corrected chi connectivity index (χ2v) is 4.62. The Bertz CT molecular complexity index is 124. The Morgan fingerprint density at radius 2 is 1.92 bits per heavy atom. The summed E-state index contributed by atoms with van der Waals surface area (Å²) in [4.78, 5) is 2.18. The van der Waals surface area contributed by atoms with E-state index in [1.165, 1.54) is 0 Å². The van der Waals surface area contributed by atoms with E-state index in [1.54, 1.807) is 0 Å². The molecule has 0 saturated heterocycles. The monoisotopic (exact) mass is 190 g/mol. The van der Waals surface area contributed by atoms with E-state index >= 15 is 0 Å². The molecule has 0 radical (unpaired) electrons. The van der Waals surface area contributed by atoms with Gasteiger partial charge in [0.2, 0.25) is 0 Å². The van der Waals surface area contributed by atoms with Crippen molar-refractivity contribution in [3.8, 4) is 0 Å². The SMILES string of the molecule is CN(C)CC(C)(C)CNCCCF. The predicted octanol–water partition coefficient (Wildman–Crippen LogP) is 1.52. The van der Waals surface area contributed by atoms with E-state index in [4.69, 9.17) is 0 Å². The van der Waals surface area contributed by atoms with E-state index in [1.807, 2.05) is 0 Å². The molecule has 2 nitrogen and oxygen atoms in total. The summed E-state index contributed by atoms with van der Waals surface area (Å²) in [6.45, 7) is 7.00. The molecule has 3 heteroatoms. The Balaban J connectivity index is 3.50. The lowest BCUT2D eigenvalue weighted by Crippen LogP contribution is -2.37. The highest BCUT2D eigenvalue weighted by Crippen LogP contribution is 2.13. The van der Waals surface area contributed by atoms with Gasteiger partial charge in [-0.15, -0.1) is 0 Å². The molecule has 1 N–H and O–H groups in total. The van der Waals surface area contributed by atoms with Gasteiger partial charge in [0, 0.05) is 13.1 Å². The van der Waals surface area contributed by atoms with Crippen molar-refractivity contribution in [3.05, 3.63) is 0 Å². The molecule has 0 amide bonds. The largest absolute Gasteiger partial charge is 0.316 e. The Morgan fingerprint density at radius 1 is 1.31 bits per heavy atom. The quantitative estimate of drug-likeness (QED) is 0.612. The summed E-state index contributed by atoms with van der Waals surface area (Å²) in [6.07, 6.45) is 0.623. The van der Waals surface area contributed by atoms with Crippen LogP contribution in [0.3, 0.4) is 0 Å². The molecule has 0 heterocycles. The third-order valence-electron chi connectivity index (χ3n) is 1.83. The average Bonchev–Trinajstić information content (AvgIpc) is 1.95. The minimum atomic E-state index is -0.221.